The summed E-state index contributed by atoms with van der Waals surface area (Å²) in [5.41, 5.74) is 0.415. The number of hydrogen-bond acceptors (Lipinski definition) is 3. The van der Waals surface area contributed by atoms with E-state index in [1.54, 1.807) is 12.1 Å². The minimum atomic E-state index is -4.35. The Balaban J connectivity index is 1.82. The summed E-state index contributed by atoms with van der Waals surface area (Å²) in [6.45, 7) is 2.43. The number of nitrogens with one attached hydrogen (secondary N) is 2. The van der Waals surface area contributed by atoms with Crippen LogP contribution in [0.25, 0.3) is 0 Å². The van der Waals surface area contributed by atoms with Crippen molar-refractivity contribution in [2.24, 2.45) is 5.41 Å². The van der Waals surface area contributed by atoms with Crippen LogP contribution in [0.4, 0.5) is 13.2 Å². The minimum absolute atomic E-state index is 0.0186. The van der Waals surface area contributed by atoms with E-state index < -0.39 is 18.2 Å². The van der Waals surface area contributed by atoms with Gasteiger partial charge >= 0.3 is 6.18 Å². The number of alkyl halides is 3. The van der Waals surface area contributed by atoms with Crippen LogP contribution in [0.1, 0.15) is 18.9 Å². The van der Waals surface area contributed by atoms with Crippen LogP contribution in [0.15, 0.2) is 24.3 Å². The summed E-state index contributed by atoms with van der Waals surface area (Å²) in [5.74, 6) is 0.134. The Bertz CT molecular complexity index is 509. The maximum absolute atomic E-state index is 12.1. The molecule has 1 aromatic carbocycles. The zero-order valence-corrected chi connectivity index (χ0v) is 12.3. The molecule has 1 fully saturated rings. The van der Waals surface area contributed by atoms with Gasteiger partial charge in [0.1, 0.15) is 5.75 Å². The highest BCUT2D eigenvalue weighted by molar-refractivity contribution is 5.82. The van der Waals surface area contributed by atoms with Crippen molar-refractivity contribution in [1.82, 2.24) is 10.6 Å². The standard InChI is InChI=1S/C15H19F3N2O2/c1-14(6-7-19-9-14)13(21)20-8-11-2-4-12(5-3-11)22-10-15(16,17)18/h2-5,19H,6-10H2,1H3,(H,20,21). The first-order chi connectivity index (χ1) is 10.3. The first-order valence-corrected chi connectivity index (χ1v) is 7.06. The minimum Gasteiger partial charge on any atom is -0.484 e. The van der Waals surface area contributed by atoms with Crippen LogP contribution in [0.5, 0.6) is 5.75 Å². The van der Waals surface area contributed by atoms with Gasteiger partial charge in [0.25, 0.3) is 0 Å². The molecule has 1 aliphatic heterocycles. The molecule has 1 atom stereocenters. The lowest BCUT2D eigenvalue weighted by Gasteiger charge is -2.21. The van der Waals surface area contributed by atoms with Gasteiger partial charge in [-0.25, -0.2) is 0 Å². The molecule has 0 radical (unpaired) electrons. The highest BCUT2D eigenvalue weighted by Crippen LogP contribution is 2.24. The number of ether oxygens (including phenoxy) is 1. The summed E-state index contributed by atoms with van der Waals surface area (Å²) in [7, 11) is 0. The van der Waals surface area contributed by atoms with Crippen molar-refractivity contribution < 1.29 is 22.7 Å². The predicted molar refractivity (Wildman–Crippen MR) is 75.4 cm³/mol. The third kappa shape index (κ3) is 4.62. The molecule has 122 valence electrons. The van der Waals surface area contributed by atoms with Gasteiger partial charge in [0.05, 0.1) is 5.41 Å². The first kappa shape index (κ1) is 16.6. The Hall–Kier alpha value is -1.76. The van der Waals surface area contributed by atoms with E-state index in [2.05, 4.69) is 15.4 Å². The Morgan fingerprint density at radius 2 is 2.05 bits per heavy atom. The van der Waals surface area contributed by atoms with Crippen LogP contribution < -0.4 is 15.4 Å². The number of hydrogen-bond donors (Lipinski definition) is 2. The highest BCUT2D eigenvalue weighted by Gasteiger charge is 2.35. The van der Waals surface area contributed by atoms with Crippen molar-refractivity contribution in [2.45, 2.75) is 26.1 Å². The number of halogens is 3. The quantitative estimate of drug-likeness (QED) is 0.876. The molecule has 22 heavy (non-hydrogen) atoms. The summed E-state index contributed by atoms with van der Waals surface area (Å²) in [6, 6.07) is 6.21. The molecule has 1 unspecified atom stereocenters. The molecule has 2 rings (SSSR count). The van der Waals surface area contributed by atoms with Crippen LogP contribution in [-0.2, 0) is 11.3 Å². The van der Waals surface area contributed by atoms with Crippen molar-refractivity contribution in [1.29, 1.82) is 0 Å². The first-order valence-electron chi connectivity index (χ1n) is 7.06. The van der Waals surface area contributed by atoms with Gasteiger partial charge in [-0.15, -0.1) is 0 Å². The maximum Gasteiger partial charge on any atom is 0.422 e. The topological polar surface area (TPSA) is 50.4 Å². The van der Waals surface area contributed by atoms with E-state index in [4.69, 9.17) is 0 Å². The molecule has 1 saturated heterocycles. The van der Waals surface area contributed by atoms with E-state index in [1.165, 1.54) is 12.1 Å². The fourth-order valence-electron chi connectivity index (χ4n) is 2.28. The van der Waals surface area contributed by atoms with Crippen molar-refractivity contribution in [3.05, 3.63) is 29.8 Å². The van der Waals surface area contributed by atoms with Gasteiger partial charge in [0.15, 0.2) is 6.61 Å². The Morgan fingerprint density at radius 1 is 1.36 bits per heavy atom. The second-order valence-electron chi connectivity index (χ2n) is 5.72. The highest BCUT2D eigenvalue weighted by atomic mass is 19.4. The number of carbonyl (C=O) groups excluding carboxylic acids is 1. The zero-order chi connectivity index (χ0) is 16.2. The van der Waals surface area contributed by atoms with E-state index in [9.17, 15) is 18.0 Å². The Labute approximate surface area is 127 Å². The van der Waals surface area contributed by atoms with Gasteiger partial charge in [0, 0.05) is 13.1 Å². The molecule has 2 N–H and O–H groups in total. The van der Waals surface area contributed by atoms with Gasteiger partial charge < -0.3 is 15.4 Å². The smallest absolute Gasteiger partial charge is 0.422 e. The second kappa shape index (κ2) is 6.56. The second-order valence-corrected chi connectivity index (χ2v) is 5.72. The summed E-state index contributed by atoms with van der Waals surface area (Å²) < 4.78 is 40.7. The van der Waals surface area contributed by atoms with Gasteiger partial charge in [-0.3, -0.25) is 4.79 Å². The molecular formula is C15H19F3N2O2. The van der Waals surface area contributed by atoms with E-state index in [-0.39, 0.29) is 11.7 Å². The molecule has 0 aliphatic carbocycles. The van der Waals surface area contributed by atoms with Crippen LogP contribution in [-0.4, -0.2) is 31.8 Å². The zero-order valence-electron chi connectivity index (χ0n) is 12.3. The van der Waals surface area contributed by atoms with Crippen LogP contribution in [0.2, 0.25) is 0 Å². The molecule has 1 amide bonds. The third-order valence-electron chi connectivity index (χ3n) is 3.70. The molecule has 0 aromatic heterocycles. The SMILES string of the molecule is CC1(C(=O)NCc2ccc(OCC(F)(F)F)cc2)CCNC1. The van der Waals surface area contributed by atoms with Crippen molar-refractivity contribution >= 4 is 5.91 Å². The summed E-state index contributed by atoms with van der Waals surface area (Å²) in [6.07, 6.45) is -3.56. The third-order valence-corrected chi connectivity index (χ3v) is 3.70. The van der Waals surface area contributed by atoms with E-state index in [0.717, 1.165) is 18.5 Å². The lowest BCUT2D eigenvalue weighted by molar-refractivity contribution is -0.153. The van der Waals surface area contributed by atoms with Gasteiger partial charge in [-0.1, -0.05) is 12.1 Å². The monoisotopic (exact) mass is 316 g/mol. The molecule has 0 saturated carbocycles. The normalized spacial score (nSPS) is 21.6. The number of amides is 1. The van der Waals surface area contributed by atoms with Crippen molar-refractivity contribution in [2.75, 3.05) is 19.7 Å². The molecule has 1 heterocycles. The molecule has 7 heteroatoms. The largest absolute Gasteiger partial charge is 0.484 e. The fourth-order valence-corrected chi connectivity index (χ4v) is 2.28. The Morgan fingerprint density at radius 3 is 2.59 bits per heavy atom. The van der Waals surface area contributed by atoms with Crippen LogP contribution >= 0.6 is 0 Å². The average Bonchev–Trinajstić information content (AvgIpc) is 2.91. The van der Waals surface area contributed by atoms with Gasteiger partial charge in [-0.2, -0.15) is 13.2 Å². The van der Waals surface area contributed by atoms with Crippen molar-refractivity contribution in [3.8, 4) is 5.75 Å². The van der Waals surface area contributed by atoms with E-state index >= 15 is 0 Å². The lowest BCUT2D eigenvalue weighted by Crippen LogP contribution is -2.39. The lowest BCUT2D eigenvalue weighted by atomic mass is 9.89. The van der Waals surface area contributed by atoms with Gasteiger partial charge in [0.2, 0.25) is 5.91 Å². The number of benzene rings is 1. The summed E-state index contributed by atoms with van der Waals surface area (Å²) in [4.78, 5) is 12.1. The predicted octanol–water partition coefficient (Wildman–Crippen LogP) is 2.24. The molecule has 0 spiro atoms. The Kier molecular flexibility index (Phi) is 4.95. The molecule has 1 aliphatic rings. The van der Waals surface area contributed by atoms with Crippen LogP contribution in [0, 0.1) is 5.41 Å². The average molecular weight is 316 g/mol. The molecule has 0 bridgehead atoms. The van der Waals surface area contributed by atoms with E-state index in [0.29, 0.717) is 13.1 Å². The number of carbonyl (C=O) groups is 1. The maximum atomic E-state index is 12.1. The van der Waals surface area contributed by atoms with Crippen LogP contribution in [0.3, 0.4) is 0 Å². The molecular weight excluding hydrogens is 297 g/mol. The molecule has 4 nitrogen and oxygen atoms in total. The fraction of sp³-hybridized carbons (Fsp3) is 0.533. The summed E-state index contributed by atoms with van der Waals surface area (Å²) >= 11 is 0. The van der Waals surface area contributed by atoms with Crippen molar-refractivity contribution in [3.63, 3.8) is 0 Å². The van der Waals surface area contributed by atoms with Gasteiger partial charge in [-0.05, 0) is 37.6 Å². The number of rotatable bonds is 5. The van der Waals surface area contributed by atoms with E-state index in [1.807, 2.05) is 6.92 Å². The summed E-state index contributed by atoms with van der Waals surface area (Å²) in [5, 5.41) is 6.01. The molecule has 1 aromatic rings.